The van der Waals surface area contributed by atoms with Crippen LogP contribution < -0.4 is 24.2 Å². The summed E-state index contributed by atoms with van der Waals surface area (Å²) in [5, 5.41) is 14.9. The highest BCUT2D eigenvalue weighted by Crippen LogP contribution is 2.49. The van der Waals surface area contributed by atoms with Gasteiger partial charge in [-0.05, 0) is 137 Å². The standard InChI is InChI=1S/C49H62FN5O10S/c1-28(2)64-40-15-12-31(22-37(40)50)38-23-32-21-34(63-7)13-14-36(32)43(51-38)65-35-24-39-42(56)52-49(45(58)53-66(61,62)48(6)18-19-48)25-33(49)11-9-8-10-29(3)20-30(4)41(44(57)54(39)26-35)55(46(59)60)27-47(5)16-17-47/h9,11-15,21-23,28-30,33,35,39,41H,8,10,16-20,24-27H2,1-7H3,(H,52,56)(H,53,58)(H,59,60)/b11-9-/t29-,30-,33-,35-,39+,41+,49-/m1/s1. The van der Waals surface area contributed by atoms with Crippen molar-refractivity contribution >= 4 is 44.6 Å². The number of carbonyl (C=O) groups is 4. The van der Waals surface area contributed by atoms with Crippen LogP contribution in [0.15, 0.2) is 54.6 Å². The number of methoxy groups -OCH3 is 1. The molecule has 3 aliphatic carbocycles. The number of nitrogens with one attached hydrogen (secondary N) is 2. The van der Waals surface area contributed by atoms with E-state index < -0.39 is 80.0 Å². The largest absolute Gasteiger partial charge is 0.497 e. The van der Waals surface area contributed by atoms with Gasteiger partial charge >= 0.3 is 6.09 Å². The van der Waals surface area contributed by atoms with Crippen molar-refractivity contribution in [3.8, 4) is 28.6 Å². The first-order valence-electron chi connectivity index (χ1n) is 23.1. The molecule has 3 aromatic rings. The van der Waals surface area contributed by atoms with Gasteiger partial charge in [0.15, 0.2) is 11.6 Å². The van der Waals surface area contributed by atoms with Crippen molar-refractivity contribution in [2.45, 2.75) is 134 Å². The van der Waals surface area contributed by atoms with Crippen molar-refractivity contribution in [2.75, 3.05) is 20.2 Å². The molecule has 7 atom stereocenters. The van der Waals surface area contributed by atoms with Crippen LogP contribution in [0.1, 0.15) is 99.3 Å². The first-order valence-corrected chi connectivity index (χ1v) is 24.6. The Morgan fingerprint density at radius 1 is 1.06 bits per heavy atom. The van der Waals surface area contributed by atoms with Crippen molar-refractivity contribution in [3.63, 3.8) is 0 Å². The van der Waals surface area contributed by atoms with Gasteiger partial charge in [-0.1, -0.05) is 32.9 Å². The minimum Gasteiger partial charge on any atom is -0.497 e. The van der Waals surface area contributed by atoms with E-state index in [1.165, 1.54) is 29.0 Å². The number of fused-ring (bicyclic) bond motifs is 3. The third-order valence-electron chi connectivity index (χ3n) is 14.3. The van der Waals surface area contributed by atoms with E-state index in [4.69, 9.17) is 19.2 Å². The quantitative estimate of drug-likeness (QED) is 0.155. The highest BCUT2D eigenvalue weighted by atomic mass is 32.2. The van der Waals surface area contributed by atoms with Crippen LogP contribution in [-0.2, 0) is 24.4 Å². The lowest BCUT2D eigenvalue weighted by Crippen LogP contribution is -2.60. The maximum Gasteiger partial charge on any atom is 0.408 e. The Bertz CT molecular complexity index is 2560. The number of nitrogens with zero attached hydrogens (tertiary/aromatic N) is 3. The number of amides is 4. The zero-order valence-electron chi connectivity index (χ0n) is 38.8. The SMILES string of the molecule is COc1ccc2c(O[C@@H]3C[C@H]4C(=O)N[C@]5(C(=O)NS(=O)(=O)C6(C)CC6)C[C@H]5/C=C\CC[C@@H](C)C[C@@H](C)[C@H](N(CC5(C)CC5)C(=O)O)C(=O)N4C3)nc(-c3ccc(OC(C)C)c(F)c3)cc2c1. The molecule has 4 amide bonds. The summed E-state index contributed by atoms with van der Waals surface area (Å²) >= 11 is 0. The molecule has 2 aliphatic heterocycles. The molecule has 4 fully saturated rings. The zero-order valence-corrected chi connectivity index (χ0v) is 39.6. The third-order valence-corrected chi connectivity index (χ3v) is 16.5. The molecule has 5 aliphatic rings. The summed E-state index contributed by atoms with van der Waals surface area (Å²) < 4.78 is 61.2. The fraction of sp³-hybridized carbons (Fsp3) is 0.571. The number of benzene rings is 2. The molecule has 15 nitrogen and oxygen atoms in total. The molecule has 0 spiro atoms. The topological polar surface area (TPSA) is 194 Å². The third kappa shape index (κ3) is 9.54. The first kappa shape index (κ1) is 47.1. The maximum atomic E-state index is 15.4. The molecular weight excluding hydrogens is 870 g/mol. The number of allylic oxidation sites excluding steroid dienone is 1. The Kier molecular flexibility index (Phi) is 12.6. The van der Waals surface area contributed by atoms with Gasteiger partial charge < -0.3 is 29.5 Å². The average Bonchev–Trinajstić information content (AvgIpc) is 4.22. The molecule has 356 valence electrons. The fourth-order valence-corrected chi connectivity index (χ4v) is 10.9. The van der Waals surface area contributed by atoms with Crippen molar-refractivity contribution in [1.82, 2.24) is 24.8 Å². The van der Waals surface area contributed by atoms with Crippen LogP contribution in [0.2, 0.25) is 0 Å². The van der Waals surface area contributed by atoms with Crippen LogP contribution in [0.5, 0.6) is 17.4 Å². The van der Waals surface area contributed by atoms with Crippen LogP contribution in [0.4, 0.5) is 9.18 Å². The molecular formula is C49H62FN5O10S. The summed E-state index contributed by atoms with van der Waals surface area (Å²) in [5.41, 5.74) is -1.10. The molecule has 1 aromatic heterocycles. The predicted molar refractivity (Wildman–Crippen MR) is 245 cm³/mol. The average molecular weight is 932 g/mol. The number of aromatic nitrogens is 1. The van der Waals surface area contributed by atoms with Crippen LogP contribution in [0.3, 0.4) is 0 Å². The Labute approximate surface area is 385 Å². The van der Waals surface area contributed by atoms with Gasteiger partial charge in [0.05, 0.1) is 30.2 Å². The molecule has 0 unspecified atom stereocenters. The summed E-state index contributed by atoms with van der Waals surface area (Å²) in [6.07, 6.45) is 5.81. The lowest BCUT2D eigenvalue weighted by Gasteiger charge is -2.38. The molecule has 66 heavy (non-hydrogen) atoms. The maximum absolute atomic E-state index is 15.4. The number of hydrogen-bond donors (Lipinski definition) is 3. The minimum atomic E-state index is -4.07. The first-order chi connectivity index (χ1) is 31.1. The van der Waals surface area contributed by atoms with Crippen LogP contribution in [-0.4, -0.2) is 107 Å². The molecule has 8 rings (SSSR count). The number of rotatable bonds is 12. The second kappa shape index (κ2) is 17.6. The Hall–Kier alpha value is -5.45. The van der Waals surface area contributed by atoms with Gasteiger partial charge in [-0.15, -0.1) is 0 Å². The smallest absolute Gasteiger partial charge is 0.408 e. The second-order valence-electron chi connectivity index (χ2n) is 20.3. The summed E-state index contributed by atoms with van der Waals surface area (Å²) in [5.74, 6) is -2.78. The van der Waals surface area contributed by atoms with Crippen molar-refractivity contribution in [2.24, 2.45) is 23.2 Å². The lowest BCUT2D eigenvalue weighted by molar-refractivity contribution is -0.144. The van der Waals surface area contributed by atoms with Crippen molar-refractivity contribution in [3.05, 3.63) is 60.4 Å². The van der Waals surface area contributed by atoms with E-state index in [0.717, 1.165) is 12.8 Å². The van der Waals surface area contributed by atoms with Crippen LogP contribution >= 0.6 is 0 Å². The number of hydrogen-bond acceptors (Lipinski definition) is 10. The lowest BCUT2D eigenvalue weighted by atomic mass is 9.86. The fourth-order valence-electron chi connectivity index (χ4n) is 9.62. The van der Waals surface area contributed by atoms with Crippen LogP contribution in [0, 0.1) is 29.0 Å². The molecule has 17 heteroatoms. The van der Waals surface area contributed by atoms with Gasteiger partial charge in [0.1, 0.15) is 29.5 Å². The number of ether oxygens (including phenoxy) is 3. The van der Waals surface area contributed by atoms with Gasteiger partial charge in [-0.2, -0.15) is 0 Å². The number of halogens is 1. The number of carbonyl (C=O) groups excluding carboxylic acids is 3. The number of pyridine rings is 1. The Balaban J connectivity index is 1.18. The van der Waals surface area contributed by atoms with Crippen molar-refractivity contribution in [1.29, 1.82) is 0 Å². The summed E-state index contributed by atoms with van der Waals surface area (Å²) in [6.45, 7) is 11.1. The molecule has 2 aromatic carbocycles. The number of carboxylic acid groups (broad SMARTS) is 1. The Morgan fingerprint density at radius 3 is 2.45 bits per heavy atom. The molecule has 0 bridgehead atoms. The molecule has 3 heterocycles. The zero-order chi connectivity index (χ0) is 47.5. The number of sulfonamides is 1. The minimum absolute atomic E-state index is 0.0755. The summed E-state index contributed by atoms with van der Waals surface area (Å²) in [7, 11) is -2.53. The second-order valence-corrected chi connectivity index (χ2v) is 22.5. The van der Waals surface area contributed by atoms with Crippen molar-refractivity contribution < 1.29 is 51.3 Å². The Morgan fingerprint density at radius 2 is 1.80 bits per heavy atom. The van der Waals surface area contributed by atoms with E-state index in [0.29, 0.717) is 59.9 Å². The predicted octanol–water partition coefficient (Wildman–Crippen LogP) is 7.22. The van der Waals surface area contributed by atoms with E-state index in [9.17, 15) is 27.9 Å². The van der Waals surface area contributed by atoms with Gasteiger partial charge in [0.2, 0.25) is 27.7 Å². The van der Waals surface area contributed by atoms with Gasteiger partial charge in [-0.25, -0.2) is 22.6 Å². The monoisotopic (exact) mass is 931 g/mol. The summed E-state index contributed by atoms with van der Waals surface area (Å²) in [6, 6.07) is 9.23. The van der Waals surface area contributed by atoms with E-state index >= 15 is 9.18 Å². The molecule has 0 radical (unpaired) electrons. The molecule has 3 saturated carbocycles. The van der Waals surface area contributed by atoms with E-state index in [2.05, 4.69) is 17.0 Å². The van der Waals surface area contributed by atoms with E-state index in [-0.39, 0.29) is 55.0 Å². The summed E-state index contributed by atoms with van der Waals surface area (Å²) in [4.78, 5) is 65.1. The van der Waals surface area contributed by atoms with E-state index in [1.807, 2.05) is 26.0 Å². The van der Waals surface area contributed by atoms with E-state index in [1.54, 1.807) is 51.1 Å². The highest BCUT2D eigenvalue weighted by Gasteiger charge is 2.63. The normalized spacial score (nSPS) is 28.5. The molecule has 1 saturated heterocycles. The van der Waals surface area contributed by atoms with Gasteiger partial charge in [0.25, 0.3) is 5.91 Å². The van der Waals surface area contributed by atoms with Crippen LogP contribution in [0.25, 0.3) is 22.0 Å². The highest BCUT2D eigenvalue weighted by molar-refractivity contribution is 7.91. The molecule has 3 N–H and O–H groups in total. The van der Waals surface area contributed by atoms with Gasteiger partial charge in [-0.3, -0.25) is 24.0 Å². The van der Waals surface area contributed by atoms with Gasteiger partial charge in [0, 0.05) is 29.8 Å².